The van der Waals surface area contributed by atoms with Crippen LogP contribution in [0.4, 0.5) is 0 Å². The van der Waals surface area contributed by atoms with E-state index in [1.54, 1.807) is 7.11 Å². The van der Waals surface area contributed by atoms with Gasteiger partial charge < -0.3 is 15.2 Å². The van der Waals surface area contributed by atoms with Gasteiger partial charge in [0.2, 0.25) is 0 Å². The highest BCUT2D eigenvalue weighted by atomic mass is 16.5. The lowest BCUT2D eigenvalue weighted by Crippen LogP contribution is -2.41. The maximum absolute atomic E-state index is 9.67. The molecule has 100 valence electrons. The van der Waals surface area contributed by atoms with Crippen molar-refractivity contribution in [1.82, 2.24) is 5.32 Å². The molecule has 0 saturated heterocycles. The molecule has 1 fully saturated rings. The summed E-state index contributed by atoms with van der Waals surface area (Å²) in [5.41, 5.74) is 2.96. The summed E-state index contributed by atoms with van der Waals surface area (Å²) in [5.74, 6) is 0.773. The number of nitrogens with one attached hydrogen (secondary N) is 1. The van der Waals surface area contributed by atoms with E-state index in [2.05, 4.69) is 26.1 Å². The van der Waals surface area contributed by atoms with Crippen LogP contribution < -0.4 is 5.32 Å². The molecule has 0 aromatic heterocycles. The molecule has 0 heterocycles. The molecule has 2 N–H and O–H groups in total. The van der Waals surface area contributed by atoms with E-state index in [1.807, 2.05) is 0 Å². The minimum absolute atomic E-state index is 0.402. The molecule has 0 spiro atoms. The lowest BCUT2D eigenvalue weighted by molar-refractivity contribution is 0.0624. The van der Waals surface area contributed by atoms with Crippen molar-refractivity contribution in [3.63, 3.8) is 0 Å². The van der Waals surface area contributed by atoms with Crippen LogP contribution in [0.25, 0.3) is 0 Å². The molecular weight excluding hydrogens is 214 g/mol. The summed E-state index contributed by atoms with van der Waals surface area (Å²) in [6.07, 6.45) is 3.26. The Kier molecular flexibility index (Phi) is 6.17. The summed E-state index contributed by atoms with van der Waals surface area (Å²) in [5, 5.41) is 13.1. The molecule has 1 rings (SSSR count). The predicted octanol–water partition coefficient (Wildman–Crippen LogP) is 2.11. The molecule has 1 aliphatic rings. The molecule has 0 aliphatic heterocycles. The second kappa shape index (κ2) is 7.14. The molecule has 0 radical (unpaired) electrons. The molecule has 0 amide bonds. The van der Waals surface area contributed by atoms with Crippen LogP contribution in [0.5, 0.6) is 0 Å². The number of allylic oxidation sites excluding steroid dienone is 1. The molecule has 17 heavy (non-hydrogen) atoms. The predicted molar refractivity (Wildman–Crippen MR) is 71.1 cm³/mol. The van der Waals surface area contributed by atoms with Crippen molar-refractivity contribution in [3.05, 3.63) is 11.1 Å². The Balaban J connectivity index is 2.50. The fraction of sp³-hybridized carbons (Fsp3) is 0.857. The Morgan fingerprint density at radius 1 is 1.53 bits per heavy atom. The van der Waals surface area contributed by atoms with Crippen LogP contribution in [0.1, 0.15) is 40.0 Å². The van der Waals surface area contributed by atoms with Gasteiger partial charge in [-0.15, -0.1) is 0 Å². The number of rotatable bonds is 5. The van der Waals surface area contributed by atoms with Crippen molar-refractivity contribution in [3.8, 4) is 0 Å². The second-order valence-electron chi connectivity index (χ2n) is 5.47. The van der Waals surface area contributed by atoms with Gasteiger partial charge in [-0.2, -0.15) is 0 Å². The normalized spacial score (nSPS) is 27.0. The van der Waals surface area contributed by atoms with Crippen molar-refractivity contribution >= 4 is 0 Å². The standard InChI is InChI=1S/C14H27NO2/c1-10(2)13-6-5-11(3)7-14(13)15-8-12(16)9-17-4/h11-12,14-16H,5-9H2,1-4H3/t11-,12-,14-/m1/s1. The van der Waals surface area contributed by atoms with Crippen molar-refractivity contribution in [1.29, 1.82) is 0 Å². The summed E-state index contributed by atoms with van der Waals surface area (Å²) < 4.78 is 4.94. The van der Waals surface area contributed by atoms with Gasteiger partial charge >= 0.3 is 0 Å². The molecule has 3 nitrogen and oxygen atoms in total. The highest BCUT2D eigenvalue weighted by molar-refractivity contribution is 5.19. The third kappa shape index (κ3) is 4.78. The highest BCUT2D eigenvalue weighted by Gasteiger charge is 2.24. The molecule has 0 aromatic rings. The summed E-state index contributed by atoms with van der Waals surface area (Å²) >= 11 is 0. The lowest BCUT2D eigenvalue weighted by Gasteiger charge is -2.32. The van der Waals surface area contributed by atoms with Crippen molar-refractivity contribution in [2.24, 2.45) is 5.92 Å². The van der Waals surface area contributed by atoms with Crippen LogP contribution in [-0.4, -0.2) is 37.5 Å². The van der Waals surface area contributed by atoms with Crippen LogP contribution >= 0.6 is 0 Å². The maximum atomic E-state index is 9.67. The van der Waals surface area contributed by atoms with E-state index in [-0.39, 0.29) is 0 Å². The molecule has 0 aromatic carbocycles. The van der Waals surface area contributed by atoms with Crippen molar-refractivity contribution < 1.29 is 9.84 Å². The number of hydrogen-bond donors (Lipinski definition) is 2. The molecular formula is C14H27NO2. The van der Waals surface area contributed by atoms with Crippen LogP contribution in [-0.2, 0) is 4.74 Å². The Hall–Kier alpha value is -0.380. The third-order valence-electron chi connectivity index (χ3n) is 3.57. The highest BCUT2D eigenvalue weighted by Crippen LogP contribution is 2.30. The summed E-state index contributed by atoms with van der Waals surface area (Å²) in [7, 11) is 1.62. The van der Waals surface area contributed by atoms with Crippen LogP contribution in [0, 0.1) is 5.92 Å². The van der Waals surface area contributed by atoms with Crippen LogP contribution in [0.2, 0.25) is 0 Å². The minimum atomic E-state index is -0.407. The fourth-order valence-electron chi connectivity index (χ4n) is 2.57. The van der Waals surface area contributed by atoms with Gasteiger partial charge in [-0.3, -0.25) is 0 Å². The quantitative estimate of drug-likeness (QED) is 0.724. The zero-order valence-corrected chi connectivity index (χ0v) is 11.6. The van der Waals surface area contributed by atoms with Gasteiger partial charge in [0.1, 0.15) is 0 Å². The number of hydrogen-bond acceptors (Lipinski definition) is 3. The SMILES string of the molecule is COC[C@H](O)CN[C@@H]1C[C@H](C)CCC1=C(C)C. The molecule has 1 aliphatic carbocycles. The first-order valence-electron chi connectivity index (χ1n) is 6.61. The van der Waals surface area contributed by atoms with Gasteiger partial charge in [0.05, 0.1) is 12.7 Å². The van der Waals surface area contributed by atoms with E-state index in [4.69, 9.17) is 4.74 Å². The minimum Gasteiger partial charge on any atom is -0.389 e. The maximum Gasteiger partial charge on any atom is 0.0897 e. The van der Waals surface area contributed by atoms with E-state index in [9.17, 15) is 5.11 Å². The van der Waals surface area contributed by atoms with Crippen LogP contribution in [0.3, 0.4) is 0 Å². The largest absolute Gasteiger partial charge is 0.389 e. The van der Waals surface area contributed by atoms with Gasteiger partial charge in [-0.05, 0) is 39.0 Å². The van der Waals surface area contributed by atoms with E-state index in [1.165, 1.54) is 30.4 Å². The molecule has 3 atom stereocenters. The van der Waals surface area contributed by atoms with E-state index in [0.29, 0.717) is 19.2 Å². The average molecular weight is 241 g/mol. The Bertz CT molecular complexity index is 259. The van der Waals surface area contributed by atoms with E-state index < -0.39 is 6.10 Å². The molecule has 0 unspecified atom stereocenters. The van der Waals surface area contributed by atoms with E-state index in [0.717, 1.165) is 5.92 Å². The fourth-order valence-corrected chi connectivity index (χ4v) is 2.57. The van der Waals surface area contributed by atoms with Crippen LogP contribution in [0.15, 0.2) is 11.1 Å². The molecule has 3 heteroatoms. The first kappa shape index (κ1) is 14.7. The van der Waals surface area contributed by atoms with E-state index >= 15 is 0 Å². The zero-order chi connectivity index (χ0) is 12.8. The Morgan fingerprint density at radius 2 is 2.24 bits per heavy atom. The average Bonchev–Trinajstić information content (AvgIpc) is 2.26. The Morgan fingerprint density at radius 3 is 2.82 bits per heavy atom. The zero-order valence-electron chi connectivity index (χ0n) is 11.6. The summed E-state index contributed by atoms with van der Waals surface area (Å²) in [6.45, 7) is 7.70. The number of aliphatic hydroxyl groups is 1. The smallest absolute Gasteiger partial charge is 0.0897 e. The molecule has 1 saturated carbocycles. The van der Waals surface area contributed by atoms with Gasteiger partial charge in [-0.1, -0.05) is 18.1 Å². The number of ether oxygens (including phenoxy) is 1. The van der Waals surface area contributed by atoms with Gasteiger partial charge in [0.25, 0.3) is 0 Å². The number of methoxy groups -OCH3 is 1. The third-order valence-corrected chi connectivity index (χ3v) is 3.57. The summed E-state index contributed by atoms with van der Waals surface area (Å²) in [6, 6.07) is 0.440. The number of aliphatic hydroxyl groups excluding tert-OH is 1. The second-order valence-corrected chi connectivity index (χ2v) is 5.47. The van der Waals surface area contributed by atoms with Crippen molar-refractivity contribution in [2.45, 2.75) is 52.2 Å². The van der Waals surface area contributed by atoms with Gasteiger partial charge in [-0.25, -0.2) is 0 Å². The first-order chi connectivity index (χ1) is 8.04. The van der Waals surface area contributed by atoms with Gasteiger partial charge in [0, 0.05) is 19.7 Å². The van der Waals surface area contributed by atoms with Gasteiger partial charge in [0.15, 0.2) is 0 Å². The summed E-state index contributed by atoms with van der Waals surface area (Å²) in [4.78, 5) is 0. The first-order valence-corrected chi connectivity index (χ1v) is 6.61. The topological polar surface area (TPSA) is 41.5 Å². The lowest BCUT2D eigenvalue weighted by atomic mass is 9.81. The Labute approximate surface area is 105 Å². The van der Waals surface area contributed by atoms with Crippen molar-refractivity contribution in [2.75, 3.05) is 20.3 Å². The molecule has 0 bridgehead atoms. The monoisotopic (exact) mass is 241 g/mol.